The number of rotatable bonds is 7. The number of imide groups is 1. The number of carbonyl (C=O) groups is 4. The van der Waals surface area contributed by atoms with Crippen LogP contribution < -0.4 is 0 Å². The molecule has 0 bridgehead atoms. The molecule has 0 unspecified atom stereocenters. The van der Waals surface area contributed by atoms with E-state index < -0.39 is 29.2 Å². The van der Waals surface area contributed by atoms with Gasteiger partial charge in [-0.2, -0.15) is 0 Å². The van der Waals surface area contributed by atoms with Gasteiger partial charge in [0.25, 0.3) is 11.8 Å². The quantitative estimate of drug-likeness (QED) is 0.528. The molecule has 1 heterocycles. The van der Waals surface area contributed by atoms with Crippen LogP contribution in [0.1, 0.15) is 53.0 Å². The maximum atomic E-state index is 12.5. The Balaban J connectivity index is 1.53. The lowest BCUT2D eigenvalue weighted by molar-refractivity contribution is -0.180. The van der Waals surface area contributed by atoms with E-state index >= 15 is 0 Å². The Morgan fingerprint density at radius 2 is 1.45 bits per heavy atom. The zero-order valence-corrected chi connectivity index (χ0v) is 16.2. The molecule has 1 aliphatic rings. The number of hydrogen-bond donors (Lipinski definition) is 0. The number of benzene rings is 2. The van der Waals surface area contributed by atoms with Gasteiger partial charge in [-0.05, 0) is 38.0 Å². The van der Waals surface area contributed by atoms with Crippen LogP contribution in [0.15, 0.2) is 54.6 Å². The third-order valence-electron chi connectivity index (χ3n) is 4.68. The Morgan fingerprint density at radius 3 is 2.03 bits per heavy atom. The molecule has 7 nitrogen and oxygen atoms in total. The Morgan fingerprint density at radius 1 is 0.897 bits per heavy atom. The molecule has 7 heteroatoms. The van der Waals surface area contributed by atoms with Gasteiger partial charge in [0.15, 0.2) is 0 Å². The second-order valence-corrected chi connectivity index (χ2v) is 7.36. The normalized spacial score (nSPS) is 13.2. The van der Waals surface area contributed by atoms with Crippen LogP contribution in [0.2, 0.25) is 0 Å². The van der Waals surface area contributed by atoms with Crippen molar-refractivity contribution in [2.24, 2.45) is 5.41 Å². The predicted molar refractivity (Wildman–Crippen MR) is 102 cm³/mol. The molecular weight excluding hydrogens is 374 g/mol. The smallest absolute Gasteiger partial charge is 0.338 e. The number of carbonyl (C=O) groups excluding carboxylic acids is 4. The van der Waals surface area contributed by atoms with E-state index in [9.17, 15) is 19.2 Å². The first-order valence-electron chi connectivity index (χ1n) is 9.19. The molecule has 2 aromatic carbocycles. The van der Waals surface area contributed by atoms with Gasteiger partial charge in [0.2, 0.25) is 0 Å². The van der Waals surface area contributed by atoms with E-state index in [1.165, 1.54) is 12.1 Å². The molecule has 3 rings (SSSR count). The predicted octanol–water partition coefficient (Wildman–Crippen LogP) is 3.29. The monoisotopic (exact) mass is 395 g/mol. The lowest BCUT2D eigenvalue weighted by atomic mass is 9.88. The van der Waals surface area contributed by atoms with Crippen molar-refractivity contribution in [3.63, 3.8) is 0 Å². The van der Waals surface area contributed by atoms with Crippen LogP contribution in [0.3, 0.4) is 0 Å². The zero-order valence-electron chi connectivity index (χ0n) is 16.2. The summed E-state index contributed by atoms with van der Waals surface area (Å²) >= 11 is 0. The molecule has 0 atom stereocenters. The second kappa shape index (κ2) is 8.26. The fourth-order valence-corrected chi connectivity index (χ4v) is 2.78. The fraction of sp³-hybridized carbons (Fsp3) is 0.273. The first-order valence-corrected chi connectivity index (χ1v) is 9.19. The van der Waals surface area contributed by atoms with E-state index in [0.29, 0.717) is 5.06 Å². The van der Waals surface area contributed by atoms with E-state index in [1.807, 2.05) is 30.3 Å². The minimum absolute atomic E-state index is 0.00292. The SMILES string of the molecule is CC(C)(CCC(=O)OCc1ccccc1)C(=O)ON1C(=O)c2ccccc2C1=O. The fourth-order valence-electron chi connectivity index (χ4n) is 2.78. The Bertz CT molecular complexity index is 916. The number of hydrogen-bond acceptors (Lipinski definition) is 6. The van der Waals surface area contributed by atoms with Gasteiger partial charge in [-0.3, -0.25) is 14.4 Å². The maximum Gasteiger partial charge on any atom is 0.338 e. The minimum atomic E-state index is -1.10. The number of amides is 2. The van der Waals surface area contributed by atoms with Gasteiger partial charge < -0.3 is 9.57 Å². The van der Waals surface area contributed by atoms with Crippen molar-refractivity contribution in [3.8, 4) is 0 Å². The lowest BCUT2D eigenvalue weighted by Crippen LogP contribution is -2.38. The molecule has 2 aromatic rings. The van der Waals surface area contributed by atoms with E-state index in [1.54, 1.807) is 26.0 Å². The van der Waals surface area contributed by atoms with Crippen molar-refractivity contribution in [2.45, 2.75) is 33.3 Å². The zero-order chi connectivity index (χ0) is 21.0. The highest BCUT2D eigenvalue weighted by atomic mass is 16.7. The van der Waals surface area contributed by atoms with E-state index in [4.69, 9.17) is 9.57 Å². The second-order valence-electron chi connectivity index (χ2n) is 7.36. The average molecular weight is 395 g/mol. The molecule has 0 aromatic heterocycles. The first kappa shape index (κ1) is 20.3. The standard InChI is InChI=1S/C22H21NO6/c1-22(2,13-12-18(24)28-14-15-8-4-3-5-9-15)21(27)29-23-19(25)16-10-6-7-11-17(16)20(23)26/h3-11H,12-14H2,1-2H3. The number of ether oxygens (including phenoxy) is 1. The Kier molecular flexibility index (Phi) is 5.77. The van der Waals surface area contributed by atoms with Gasteiger partial charge in [0.1, 0.15) is 6.61 Å². The summed E-state index contributed by atoms with van der Waals surface area (Å²) in [5.74, 6) is -2.59. The summed E-state index contributed by atoms with van der Waals surface area (Å²) in [5, 5.41) is 0.475. The Hall–Kier alpha value is -3.48. The summed E-state index contributed by atoms with van der Waals surface area (Å²) in [6.45, 7) is 3.32. The molecule has 0 saturated heterocycles. The Labute approximate surface area is 168 Å². The summed E-state index contributed by atoms with van der Waals surface area (Å²) in [5.41, 5.74) is 0.145. The molecule has 0 N–H and O–H groups in total. The third-order valence-corrected chi connectivity index (χ3v) is 4.68. The highest BCUT2D eigenvalue weighted by Crippen LogP contribution is 2.28. The number of fused-ring (bicyclic) bond motifs is 1. The van der Waals surface area contributed by atoms with Crippen molar-refractivity contribution < 1.29 is 28.8 Å². The third kappa shape index (κ3) is 4.51. The number of esters is 1. The van der Waals surface area contributed by atoms with Crippen LogP contribution in [0, 0.1) is 5.41 Å². The summed E-state index contributed by atoms with van der Waals surface area (Å²) in [7, 11) is 0. The molecule has 0 fully saturated rings. The van der Waals surface area contributed by atoms with Crippen molar-refractivity contribution in [1.29, 1.82) is 0 Å². The van der Waals surface area contributed by atoms with Crippen LogP contribution in [-0.4, -0.2) is 28.8 Å². The van der Waals surface area contributed by atoms with Crippen molar-refractivity contribution in [1.82, 2.24) is 5.06 Å². The topological polar surface area (TPSA) is 90.0 Å². The highest BCUT2D eigenvalue weighted by molar-refractivity contribution is 6.20. The van der Waals surface area contributed by atoms with Gasteiger partial charge in [-0.1, -0.05) is 47.5 Å². The number of nitrogens with zero attached hydrogens (tertiary/aromatic N) is 1. The molecule has 0 radical (unpaired) electrons. The van der Waals surface area contributed by atoms with Gasteiger partial charge in [-0.25, -0.2) is 4.79 Å². The summed E-state index contributed by atoms with van der Waals surface area (Å²) in [4.78, 5) is 54.2. The molecule has 0 saturated carbocycles. The van der Waals surface area contributed by atoms with E-state index in [-0.39, 0.29) is 30.6 Å². The molecule has 0 spiro atoms. The minimum Gasteiger partial charge on any atom is -0.461 e. The van der Waals surface area contributed by atoms with E-state index in [2.05, 4.69) is 0 Å². The largest absolute Gasteiger partial charge is 0.461 e. The van der Waals surface area contributed by atoms with Gasteiger partial charge in [0, 0.05) is 6.42 Å². The van der Waals surface area contributed by atoms with Crippen LogP contribution in [0.5, 0.6) is 0 Å². The highest BCUT2D eigenvalue weighted by Gasteiger charge is 2.41. The summed E-state index contributed by atoms with van der Waals surface area (Å²) in [6.07, 6.45) is 0.139. The van der Waals surface area contributed by atoms with Crippen molar-refractivity contribution >= 4 is 23.8 Å². The molecule has 29 heavy (non-hydrogen) atoms. The van der Waals surface area contributed by atoms with Crippen LogP contribution in [0.25, 0.3) is 0 Å². The van der Waals surface area contributed by atoms with Crippen LogP contribution in [0.4, 0.5) is 0 Å². The van der Waals surface area contributed by atoms with Gasteiger partial charge in [-0.15, -0.1) is 0 Å². The van der Waals surface area contributed by atoms with Crippen molar-refractivity contribution in [3.05, 3.63) is 71.3 Å². The molecule has 150 valence electrons. The number of hydroxylamine groups is 2. The molecule has 0 aliphatic carbocycles. The average Bonchev–Trinajstić information content (AvgIpc) is 2.96. The molecule has 1 aliphatic heterocycles. The molecule has 2 amide bonds. The summed E-state index contributed by atoms with van der Waals surface area (Å²) in [6, 6.07) is 15.5. The first-order chi connectivity index (χ1) is 13.8. The van der Waals surface area contributed by atoms with Crippen molar-refractivity contribution in [2.75, 3.05) is 0 Å². The van der Waals surface area contributed by atoms with Gasteiger partial charge in [0.05, 0.1) is 16.5 Å². The van der Waals surface area contributed by atoms with Crippen LogP contribution >= 0.6 is 0 Å². The molecular formula is C22H21NO6. The van der Waals surface area contributed by atoms with Crippen LogP contribution in [-0.2, 0) is 25.8 Å². The maximum absolute atomic E-state index is 12.5. The van der Waals surface area contributed by atoms with Gasteiger partial charge >= 0.3 is 11.9 Å². The summed E-state index contributed by atoms with van der Waals surface area (Å²) < 4.78 is 5.20. The van der Waals surface area contributed by atoms with E-state index in [0.717, 1.165) is 5.56 Å². The lowest BCUT2D eigenvalue weighted by Gasteiger charge is -2.24.